The number of hydrazone groups is 1. The summed E-state index contributed by atoms with van der Waals surface area (Å²) in [5.74, 6) is 0.111. The highest BCUT2D eigenvalue weighted by Crippen LogP contribution is 2.44. The molecule has 7 nitrogen and oxygen atoms in total. The predicted molar refractivity (Wildman–Crippen MR) is 96.4 cm³/mol. The Labute approximate surface area is 147 Å². The molecule has 122 valence electrons. The minimum atomic E-state index is -0.451. The Bertz CT molecular complexity index is 858. The van der Waals surface area contributed by atoms with E-state index in [1.165, 1.54) is 7.11 Å². The number of nitrogens with zero attached hydrogens (tertiary/aromatic N) is 2. The third-order valence-corrected chi connectivity index (χ3v) is 3.81. The molecule has 0 atom stereocenters. The molecule has 5 N–H and O–H groups in total. The lowest BCUT2D eigenvalue weighted by Crippen LogP contribution is -2.22. The Morgan fingerprint density at radius 2 is 2.08 bits per heavy atom. The topological polar surface area (TPSA) is 128 Å². The highest BCUT2D eigenvalue weighted by atomic mass is 79.9. The van der Waals surface area contributed by atoms with Crippen LogP contribution in [-0.4, -0.2) is 23.8 Å². The molecule has 0 aliphatic rings. The van der Waals surface area contributed by atoms with E-state index in [0.29, 0.717) is 27.0 Å². The first-order valence-corrected chi connectivity index (χ1v) is 7.52. The fourth-order valence-electron chi connectivity index (χ4n) is 2.05. The number of rotatable bonds is 5. The van der Waals surface area contributed by atoms with Crippen molar-refractivity contribution in [2.45, 2.75) is 0 Å². The van der Waals surface area contributed by atoms with Gasteiger partial charge in [0.25, 0.3) is 0 Å². The van der Waals surface area contributed by atoms with Gasteiger partial charge < -0.3 is 15.6 Å². The van der Waals surface area contributed by atoms with Crippen LogP contribution >= 0.6 is 15.9 Å². The summed E-state index contributed by atoms with van der Waals surface area (Å²) in [5.41, 5.74) is 9.29. The molecule has 0 amide bonds. The summed E-state index contributed by atoms with van der Waals surface area (Å²) < 4.78 is 6.01. The van der Waals surface area contributed by atoms with E-state index in [4.69, 9.17) is 21.1 Å². The van der Waals surface area contributed by atoms with Crippen LogP contribution in [0, 0.1) is 16.7 Å². The molecular weight excluding hydrogens is 374 g/mol. The molecule has 24 heavy (non-hydrogen) atoms. The Kier molecular flexibility index (Phi) is 5.39. The second kappa shape index (κ2) is 7.48. The lowest BCUT2D eigenvalue weighted by atomic mass is 10.0. The fraction of sp³-hybridized carbons (Fsp3) is 0.0625. The van der Waals surface area contributed by atoms with Crippen molar-refractivity contribution in [1.29, 1.82) is 10.7 Å². The second-order valence-corrected chi connectivity index (χ2v) is 5.47. The summed E-state index contributed by atoms with van der Waals surface area (Å²) in [6, 6.07) is 12.0. The molecule has 0 saturated heterocycles. The average molecular weight is 388 g/mol. The first-order chi connectivity index (χ1) is 11.5. The van der Waals surface area contributed by atoms with Gasteiger partial charge in [0.1, 0.15) is 17.6 Å². The van der Waals surface area contributed by atoms with Crippen LogP contribution in [0.25, 0.3) is 11.1 Å². The van der Waals surface area contributed by atoms with Crippen molar-refractivity contribution in [3.63, 3.8) is 0 Å². The van der Waals surface area contributed by atoms with Gasteiger partial charge in [0.05, 0.1) is 18.4 Å². The van der Waals surface area contributed by atoms with Crippen molar-refractivity contribution in [1.82, 2.24) is 0 Å². The highest BCUT2D eigenvalue weighted by molar-refractivity contribution is 9.10. The summed E-state index contributed by atoms with van der Waals surface area (Å²) in [6.07, 6.45) is 0. The SMILES string of the molecule is COc1ccc(Br)c(N/N=C(\C#N)C(=N)N)c1-c1ccccc1O. The van der Waals surface area contributed by atoms with E-state index in [1.54, 1.807) is 42.5 Å². The molecule has 0 radical (unpaired) electrons. The van der Waals surface area contributed by atoms with Gasteiger partial charge in [-0.2, -0.15) is 10.4 Å². The second-order valence-electron chi connectivity index (χ2n) is 4.61. The van der Waals surface area contributed by atoms with Gasteiger partial charge in [-0.15, -0.1) is 0 Å². The molecule has 0 bridgehead atoms. The first kappa shape index (κ1) is 17.3. The maximum absolute atomic E-state index is 10.2. The van der Waals surface area contributed by atoms with Gasteiger partial charge in [-0.3, -0.25) is 10.8 Å². The van der Waals surface area contributed by atoms with Crippen LogP contribution in [0.4, 0.5) is 5.69 Å². The quantitative estimate of drug-likeness (QED) is 0.356. The molecule has 2 rings (SSSR count). The molecule has 0 fully saturated rings. The lowest BCUT2D eigenvalue weighted by molar-refractivity contribution is 0.416. The van der Waals surface area contributed by atoms with E-state index in [9.17, 15) is 5.11 Å². The van der Waals surface area contributed by atoms with Gasteiger partial charge in [-0.05, 0) is 34.1 Å². The highest BCUT2D eigenvalue weighted by Gasteiger charge is 2.18. The van der Waals surface area contributed by atoms with Gasteiger partial charge >= 0.3 is 0 Å². The Balaban J connectivity index is 2.66. The number of amidine groups is 1. The number of halogens is 1. The molecule has 0 aliphatic heterocycles. The normalized spacial score (nSPS) is 10.8. The molecule has 2 aromatic rings. The Morgan fingerprint density at radius 3 is 2.67 bits per heavy atom. The number of hydrogen-bond acceptors (Lipinski definition) is 6. The van der Waals surface area contributed by atoms with Crippen LogP contribution in [0.15, 0.2) is 46.0 Å². The lowest BCUT2D eigenvalue weighted by Gasteiger charge is -2.16. The summed E-state index contributed by atoms with van der Waals surface area (Å²) in [7, 11) is 1.51. The van der Waals surface area contributed by atoms with Crippen LogP contribution in [0.5, 0.6) is 11.5 Å². The number of para-hydroxylation sites is 1. The molecule has 0 unspecified atom stereocenters. The summed E-state index contributed by atoms with van der Waals surface area (Å²) in [6.45, 7) is 0. The fourth-order valence-corrected chi connectivity index (χ4v) is 2.47. The minimum absolute atomic E-state index is 0.0630. The molecule has 8 heteroatoms. The van der Waals surface area contributed by atoms with Crippen molar-refractivity contribution in [3.8, 4) is 28.7 Å². The minimum Gasteiger partial charge on any atom is -0.507 e. The van der Waals surface area contributed by atoms with Crippen molar-refractivity contribution in [2.75, 3.05) is 12.5 Å². The smallest absolute Gasteiger partial charge is 0.201 e. The number of nitrogens with two attached hydrogens (primary N) is 1. The molecule has 0 aliphatic carbocycles. The number of nitriles is 1. The van der Waals surface area contributed by atoms with Gasteiger partial charge in [-0.25, -0.2) is 0 Å². The summed E-state index contributed by atoms with van der Waals surface area (Å²) in [5, 5.41) is 30.3. The number of anilines is 1. The van der Waals surface area contributed by atoms with Gasteiger partial charge in [0, 0.05) is 10.0 Å². The number of phenols is 1. The number of phenolic OH excluding ortho intramolecular Hbond substituents is 1. The van der Waals surface area contributed by atoms with Crippen LogP contribution in [0.2, 0.25) is 0 Å². The van der Waals surface area contributed by atoms with Crippen LogP contribution in [0.1, 0.15) is 0 Å². The predicted octanol–water partition coefficient (Wildman–Crippen LogP) is 3.06. The Morgan fingerprint density at radius 1 is 1.38 bits per heavy atom. The van der Waals surface area contributed by atoms with Crippen molar-refractivity contribution >= 4 is 33.2 Å². The molecule has 0 heterocycles. The zero-order chi connectivity index (χ0) is 17.7. The molecule has 0 saturated carbocycles. The van der Waals surface area contributed by atoms with Crippen molar-refractivity contribution in [2.24, 2.45) is 10.8 Å². The van der Waals surface area contributed by atoms with E-state index in [0.717, 1.165) is 0 Å². The van der Waals surface area contributed by atoms with Crippen molar-refractivity contribution in [3.05, 3.63) is 40.9 Å². The monoisotopic (exact) mass is 387 g/mol. The largest absolute Gasteiger partial charge is 0.507 e. The maximum atomic E-state index is 10.2. The standard InChI is InChI=1S/C16H14BrN5O2/c1-24-13-7-6-10(17)15(22-21-11(8-18)16(19)20)14(13)9-4-2-3-5-12(9)23/h2-7,22-23H,1H3,(H3,19,20)/b21-11+. The van der Waals surface area contributed by atoms with E-state index in [2.05, 4.69) is 26.5 Å². The van der Waals surface area contributed by atoms with Crippen molar-refractivity contribution < 1.29 is 9.84 Å². The molecule has 0 aromatic heterocycles. The third-order valence-electron chi connectivity index (χ3n) is 3.15. The van der Waals surface area contributed by atoms with Gasteiger partial charge in [-0.1, -0.05) is 18.2 Å². The molecular formula is C16H14BrN5O2. The van der Waals surface area contributed by atoms with E-state index < -0.39 is 5.84 Å². The zero-order valence-electron chi connectivity index (χ0n) is 12.7. The van der Waals surface area contributed by atoms with E-state index >= 15 is 0 Å². The molecule has 0 spiro atoms. The van der Waals surface area contributed by atoms with Crippen LogP contribution in [0.3, 0.4) is 0 Å². The first-order valence-electron chi connectivity index (χ1n) is 6.72. The molecule has 2 aromatic carbocycles. The number of hydrogen-bond donors (Lipinski definition) is 4. The number of ether oxygens (including phenoxy) is 1. The average Bonchev–Trinajstić information content (AvgIpc) is 2.57. The van der Waals surface area contributed by atoms with Gasteiger partial charge in [0.15, 0.2) is 5.84 Å². The number of aromatic hydroxyl groups is 1. The van der Waals surface area contributed by atoms with Gasteiger partial charge in [0.2, 0.25) is 5.71 Å². The maximum Gasteiger partial charge on any atom is 0.201 e. The van der Waals surface area contributed by atoms with Crippen LogP contribution < -0.4 is 15.9 Å². The van der Waals surface area contributed by atoms with E-state index in [1.807, 2.05) is 0 Å². The van der Waals surface area contributed by atoms with Crippen LogP contribution in [-0.2, 0) is 0 Å². The Hall–Kier alpha value is -3.05. The summed E-state index contributed by atoms with van der Waals surface area (Å²) >= 11 is 3.40. The summed E-state index contributed by atoms with van der Waals surface area (Å²) in [4.78, 5) is 0. The number of benzene rings is 2. The number of nitrogens with one attached hydrogen (secondary N) is 2. The number of methoxy groups -OCH3 is 1. The van der Waals surface area contributed by atoms with E-state index in [-0.39, 0.29) is 11.5 Å². The third kappa shape index (κ3) is 3.47. The zero-order valence-corrected chi connectivity index (χ0v) is 14.3.